The maximum atomic E-state index is 12.5. The van der Waals surface area contributed by atoms with Crippen LogP contribution in [-0.2, 0) is 10.3 Å². The zero-order valence-corrected chi connectivity index (χ0v) is 15.5. The predicted molar refractivity (Wildman–Crippen MR) is 96.3 cm³/mol. The molecule has 0 N–H and O–H groups in total. The number of alkyl halides is 1. The Morgan fingerprint density at radius 1 is 1.41 bits per heavy atom. The maximum Gasteiger partial charge on any atom is 0.242 e. The van der Waals surface area contributed by atoms with E-state index in [1.165, 1.54) is 0 Å². The number of nitrogens with zero attached hydrogens (tertiary/aromatic N) is 1. The highest BCUT2D eigenvalue weighted by atomic mass is 35.5. The number of ether oxygens (including phenoxy) is 1. The van der Waals surface area contributed by atoms with Crippen LogP contribution in [0.4, 0.5) is 5.69 Å². The average Bonchev–Trinajstić information content (AvgIpc) is 2.89. The highest BCUT2D eigenvalue weighted by molar-refractivity contribution is 7.80. The minimum absolute atomic E-state index is 0.0645. The number of carbonyl (C=O) groups excluding carboxylic acids is 1. The van der Waals surface area contributed by atoms with E-state index < -0.39 is 5.54 Å². The van der Waals surface area contributed by atoms with Crippen molar-refractivity contribution in [2.45, 2.75) is 19.4 Å². The molecule has 2 heterocycles. The first-order chi connectivity index (χ1) is 10.4. The maximum absolute atomic E-state index is 12.5. The van der Waals surface area contributed by atoms with E-state index in [1.54, 1.807) is 32.7 Å². The van der Waals surface area contributed by atoms with Gasteiger partial charge in [-0.2, -0.15) is 0 Å². The van der Waals surface area contributed by atoms with E-state index in [-0.39, 0.29) is 11.8 Å². The Morgan fingerprint density at radius 3 is 2.77 bits per heavy atom. The fourth-order valence-electron chi connectivity index (χ4n) is 2.84. The standard InChI is InChI=1S/C15H14ClNO2S3/c1-15(2)13-12(14(20)22-21-13)9-5-4-8(19-3)6-10(9)17(15)11(18)7-16/h4-6H,7H2,1-3H3. The molecule has 0 saturated carbocycles. The number of carbonyl (C=O) groups is 1. The van der Waals surface area contributed by atoms with E-state index in [0.717, 1.165) is 25.5 Å². The zero-order chi connectivity index (χ0) is 16.1. The highest BCUT2D eigenvalue weighted by Crippen LogP contribution is 2.52. The Balaban J connectivity index is 2.37. The summed E-state index contributed by atoms with van der Waals surface area (Å²) in [4.78, 5) is 15.4. The topological polar surface area (TPSA) is 29.5 Å². The lowest BCUT2D eigenvalue weighted by Gasteiger charge is -2.42. The Hall–Kier alpha value is -0.950. The number of anilines is 1. The molecule has 22 heavy (non-hydrogen) atoms. The van der Waals surface area contributed by atoms with Crippen LogP contribution in [0.15, 0.2) is 18.2 Å². The molecule has 0 aliphatic carbocycles. The van der Waals surface area contributed by atoms with Gasteiger partial charge in [-0.3, -0.25) is 4.79 Å². The summed E-state index contributed by atoms with van der Waals surface area (Å²) in [6, 6.07) is 5.73. The molecule has 1 amide bonds. The summed E-state index contributed by atoms with van der Waals surface area (Å²) in [6.45, 7) is 4.05. The summed E-state index contributed by atoms with van der Waals surface area (Å²) in [6.07, 6.45) is 0. The van der Waals surface area contributed by atoms with E-state index in [2.05, 4.69) is 0 Å². The summed E-state index contributed by atoms with van der Waals surface area (Å²) in [5.41, 5.74) is 2.35. The molecule has 3 nitrogen and oxygen atoms in total. The van der Waals surface area contributed by atoms with Gasteiger partial charge in [0, 0.05) is 17.2 Å². The smallest absolute Gasteiger partial charge is 0.242 e. The van der Waals surface area contributed by atoms with Crippen LogP contribution in [0.2, 0.25) is 0 Å². The monoisotopic (exact) mass is 371 g/mol. The second-order valence-electron chi connectivity index (χ2n) is 5.46. The number of rotatable bonds is 2. The quantitative estimate of drug-likeness (QED) is 0.421. The molecule has 3 rings (SSSR count). The Bertz CT molecular complexity index is 809. The molecule has 0 fully saturated rings. The van der Waals surface area contributed by atoms with Crippen molar-refractivity contribution >= 4 is 56.1 Å². The third-order valence-corrected chi connectivity index (χ3v) is 7.38. The van der Waals surface area contributed by atoms with Gasteiger partial charge in [-0.1, -0.05) is 32.9 Å². The predicted octanol–water partition coefficient (Wildman–Crippen LogP) is 5.04. The molecule has 0 atom stereocenters. The molecule has 2 aromatic rings. The van der Waals surface area contributed by atoms with Crippen LogP contribution < -0.4 is 9.64 Å². The molecule has 0 bridgehead atoms. The molecular formula is C15H14ClNO2S3. The number of hydrogen-bond donors (Lipinski definition) is 0. The fraction of sp³-hybridized carbons (Fsp3) is 0.333. The van der Waals surface area contributed by atoms with Crippen molar-refractivity contribution in [3.8, 4) is 16.9 Å². The van der Waals surface area contributed by atoms with Crippen molar-refractivity contribution in [3.05, 3.63) is 26.9 Å². The van der Waals surface area contributed by atoms with Crippen LogP contribution in [0, 0.1) is 3.82 Å². The molecule has 0 unspecified atom stereocenters. The minimum Gasteiger partial charge on any atom is -0.497 e. The first kappa shape index (κ1) is 15.9. The van der Waals surface area contributed by atoms with Gasteiger partial charge in [0.15, 0.2) is 0 Å². The average molecular weight is 372 g/mol. The first-order valence-electron chi connectivity index (χ1n) is 6.63. The van der Waals surface area contributed by atoms with E-state index >= 15 is 0 Å². The Kier molecular flexibility index (Phi) is 4.05. The molecular weight excluding hydrogens is 358 g/mol. The van der Waals surface area contributed by atoms with Crippen LogP contribution in [0.1, 0.15) is 18.7 Å². The lowest BCUT2D eigenvalue weighted by atomic mass is 9.87. The van der Waals surface area contributed by atoms with E-state index in [1.807, 2.05) is 32.0 Å². The van der Waals surface area contributed by atoms with Gasteiger partial charge in [0.05, 0.1) is 23.2 Å². The zero-order valence-electron chi connectivity index (χ0n) is 12.3. The molecule has 1 aromatic carbocycles. The number of benzene rings is 1. The van der Waals surface area contributed by atoms with Crippen molar-refractivity contribution in [3.63, 3.8) is 0 Å². The number of hydrogen-bond acceptors (Lipinski definition) is 5. The van der Waals surface area contributed by atoms with E-state index in [4.69, 9.17) is 28.6 Å². The van der Waals surface area contributed by atoms with Crippen molar-refractivity contribution in [1.82, 2.24) is 0 Å². The number of methoxy groups -OCH3 is 1. The second-order valence-corrected chi connectivity index (χ2v) is 8.55. The van der Waals surface area contributed by atoms with Crippen LogP contribution in [-0.4, -0.2) is 18.9 Å². The van der Waals surface area contributed by atoms with Crippen molar-refractivity contribution in [2.24, 2.45) is 0 Å². The van der Waals surface area contributed by atoms with Gasteiger partial charge >= 0.3 is 0 Å². The molecule has 7 heteroatoms. The Labute approximate surface area is 146 Å². The molecule has 116 valence electrons. The summed E-state index contributed by atoms with van der Waals surface area (Å²) < 4.78 is 6.18. The third kappa shape index (κ3) is 2.21. The summed E-state index contributed by atoms with van der Waals surface area (Å²) >= 11 is 11.4. The van der Waals surface area contributed by atoms with Crippen LogP contribution in [0.25, 0.3) is 11.1 Å². The van der Waals surface area contributed by atoms with Crippen molar-refractivity contribution in [2.75, 3.05) is 17.9 Å². The molecule has 1 aliphatic heterocycles. The van der Waals surface area contributed by atoms with Gasteiger partial charge in [-0.05, 0) is 26.0 Å². The number of amides is 1. The first-order valence-corrected chi connectivity index (χ1v) is 9.72. The van der Waals surface area contributed by atoms with Gasteiger partial charge in [-0.15, -0.1) is 11.6 Å². The minimum atomic E-state index is -0.487. The summed E-state index contributed by atoms with van der Waals surface area (Å²) in [7, 11) is 4.82. The number of halogens is 1. The third-order valence-electron chi connectivity index (χ3n) is 3.83. The largest absolute Gasteiger partial charge is 0.497 e. The van der Waals surface area contributed by atoms with Crippen molar-refractivity contribution < 1.29 is 9.53 Å². The van der Waals surface area contributed by atoms with Gasteiger partial charge in [0.1, 0.15) is 15.5 Å². The molecule has 1 aliphatic rings. The number of fused-ring (bicyclic) bond motifs is 3. The van der Waals surface area contributed by atoms with Crippen molar-refractivity contribution in [1.29, 1.82) is 0 Å². The molecule has 0 spiro atoms. The highest BCUT2D eigenvalue weighted by Gasteiger charge is 2.42. The lowest BCUT2D eigenvalue weighted by Crippen LogP contribution is -2.48. The molecule has 1 aromatic heterocycles. The lowest BCUT2D eigenvalue weighted by molar-refractivity contribution is -0.117. The Morgan fingerprint density at radius 2 is 2.14 bits per heavy atom. The molecule has 0 saturated heterocycles. The SMILES string of the molecule is COc1ccc2c(c1)N(C(=O)CCl)C(C)(C)c1ssc(=S)c1-2. The van der Waals surface area contributed by atoms with Gasteiger partial charge in [-0.25, -0.2) is 0 Å². The van der Waals surface area contributed by atoms with Gasteiger partial charge in [0.25, 0.3) is 0 Å². The summed E-state index contributed by atoms with van der Waals surface area (Å²) in [5.74, 6) is 0.511. The second kappa shape index (κ2) is 5.60. The van der Waals surface area contributed by atoms with Crippen LogP contribution >= 0.6 is 44.5 Å². The van der Waals surface area contributed by atoms with E-state index in [9.17, 15) is 4.79 Å². The van der Waals surface area contributed by atoms with Crippen LogP contribution in [0.3, 0.4) is 0 Å². The van der Waals surface area contributed by atoms with Gasteiger partial charge < -0.3 is 9.64 Å². The fourth-order valence-corrected chi connectivity index (χ4v) is 6.24. The van der Waals surface area contributed by atoms with E-state index in [0.29, 0.717) is 5.75 Å². The summed E-state index contributed by atoms with van der Waals surface area (Å²) in [5, 5.41) is 0. The molecule has 0 radical (unpaired) electrons. The van der Waals surface area contributed by atoms with Crippen LogP contribution in [0.5, 0.6) is 5.75 Å². The van der Waals surface area contributed by atoms with Gasteiger partial charge in [0.2, 0.25) is 5.91 Å². The normalized spacial score (nSPS) is 15.2.